The number of pyridine rings is 1. The summed E-state index contributed by atoms with van der Waals surface area (Å²) in [6, 6.07) is 4.89. The van der Waals surface area contributed by atoms with Gasteiger partial charge in [-0.2, -0.15) is 13.2 Å². The van der Waals surface area contributed by atoms with Gasteiger partial charge in [0.1, 0.15) is 11.2 Å². The molecule has 1 aromatic carbocycles. The maximum atomic E-state index is 12.5. The van der Waals surface area contributed by atoms with Crippen LogP contribution in [0.1, 0.15) is 17.3 Å². The number of oxazole rings is 1. The number of alkyl halides is 3. The summed E-state index contributed by atoms with van der Waals surface area (Å²) in [6.07, 6.45) is 1.62. The van der Waals surface area contributed by atoms with Gasteiger partial charge in [-0.3, -0.25) is 4.79 Å². The molecule has 0 unspecified atom stereocenters. The highest BCUT2D eigenvalue weighted by Gasteiger charge is 2.29. The molecule has 0 saturated carbocycles. The number of thioether (sulfide) groups is 1. The van der Waals surface area contributed by atoms with Crippen molar-refractivity contribution in [1.29, 1.82) is 0 Å². The number of benzene rings is 1. The van der Waals surface area contributed by atoms with Crippen LogP contribution in [0, 0.1) is 0 Å². The average Bonchev–Trinajstić information content (AvgIpc) is 3.02. The topological polar surface area (TPSA) is 90.1 Å². The number of rotatable bonds is 5. The predicted octanol–water partition coefficient (Wildman–Crippen LogP) is 4.11. The van der Waals surface area contributed by atoms with Crippen molar-refractivity contribution < 1.29 is 30.8 Å². The number of fused-ring (bicyclic) bond motifs is 1. The number of carbonyl (C=O) groups is 1. The first kappa shape index (κ1) is 19.4. The van der Waals surface area contributed by atoms with E-state index in [0.717, 1.165) is 12.3 Å². The number of nitrogens with zero attached hydrogens (tertiary/aromatic N) is 2. The van der Waals surface area contributed by atoms with Crippen LogP contribution in [0.2, 0.25) is 0 Å². The Kier molecular flexibility index (Phi) is 5.00. The summed E-state index contributed by atoms with van der Waals surface area (Å²) >= 11 is -0.295. The minimum Gasteiger partial charge on any atom is -0.435 e. The first-order valence-electron chi connectivity index (χ1n) is 7.47. The van der Waals surface area contributed by atoms with E-state index < -0.39 is 15.3 Å². The van der Waals surface area contributed by atoms with Crippen molar-refractivity contribution in [2.75, 3.05) is 5.75 Å². The van der Waals surface area contributed by atoms with Crippen molar-refractivity contribution in [1.82, 2.24) is 9.97 Å². The molecule has 3 aromatic rings. The maximum Gasteiger partial charge on any atom is 0.446 e. The molecule has 0 bridgehead atoms. The molecule has 11 heteroatoms. The van der Waals surface area contributed by atoms with E-state index in [9.17, 15) is 26.4 Å². The molecule has 142 valence electrons. The Hall–Kier alpha value is -2.40. The molecule has 2 aromatic heterocycles. The van der Waals surface area contributed by atoms with Crippen LogP contribution >= 0.6 is 11.8 Å². The fourth-order valence-corrected chi connectivity index (χ4v) is 3.92. The first-order valence-corrected chi connectivity index (χ1v) is 9.94. The van der Waals surface area contributed by atoms with Gasteiger partial charge >= 0.3 is 5.51 Å². The van der Waals surface area contributed by atoms with Crippen LogP contribution in [0.25, 0.3) is 22.7 Å². The van der Waals surface area contributed by atoms with E-state index in [2.05, 4.69) is 9.97 Å². The number of halogens is 3. The quantitative estimate of drug-likeness (QED) is 0.457. The second-order valence-corrected chi connectivity index (χ2v) is 8.72. The normalized spacial score (nSPS) is 12.4. The Morgan fingerprint density at radius 2 is 2.00 bits per heavy atom. The Morgan fingerprint density at radius 3 is 2.63 bits per heavy atom. The molecule has 6 nitrogen and oxygen atoms in total. The third-order valence-corrected chi connectivity index (χ3v) is 5.98. The van der Waals surface area contributed by atoms with Gasteiger partial charge in [0.15, 0.2) is 21.7 Å². The molecule has 3 rings (SSSR count). The second-order valence-electron chi connectivity index (χ2n) is 5.33. The van der Waals surface area contributed by atoms with Crippen LogP contribution in [0.15, 0.2) is 44.7 Å². The van der Waals surface area contributed by atoms with Crippen molar-refractivity contribution in [3.63, 3.8) is 0 Å². The molecule has 0 aliphatic heterocycles. The zero-order chi connectivity index (χ0) is 19.8. The molecule has 0 saturated heterocycles. The van der Waals surface area contributed by atoms with E-state index in [0.29, 0.717) is 6.29 Å². The second kappa shape index (κ2) is 6.97. The van der Waals surface area contributed by atoms with Crippen LogP contribution in [-0.2, 0) is 9.84 Å². The first-order chi connectivity index (χ1) is 12.6. The van der Waals surface area contributed by atoms with E-state index in [1.165, 1.54) is 25.1 Å². The van der Waals surface area contributed by atoms with Gasteiger partial charge in [0.2, 0.25) is 5.89 Å². The molecule has 0 spiro atoms. The number of aldehydes is 1. The molecular formula is C16H11F3N2O4S2. The minimum atomic E-state index is -4.45. The molecule has 2 heterocycles. The molecule has 0 amide bonds. The SMILES string of the molecule is CCS(=O)(=O)c1cc(C=O)cnc1-c1nc2cc(SC(F)(F)F)ccc2o1. The lowest BCUT2D eigenvalue weighted by atomic mass is 10.2. The molecular weight excluding hydrogens is 405 g/mol. The van der Waals surface area contributed by atoms with Gasteiger partial charge in [-0.1, -0.05) is 6.92 Å². The largest absolute Gasteiger partial charge is 0.446 e. The minimum absolute atomic E-state index is 0.0609. The summed E-state index contributed by atoms with van der Waals surface area (Å²) in [4.78, 5) is 18.7. The Balaban J connectivity index is 2.14. The molecule has 0 aliphatic carbocycles. The van der Waals surface area contributed by atoms with E-state index in [1.54, 1.807) is 0 Å². The van der Waals surface area contributed by atoms with E-state index in [-0.39, 0.29) is 55.6 Å². The molecule has 0 atom stereocenters. The molecule has 0 fully saturated rings. The Labute approximate surface area is 155 Å². The van der Waals surface area contributed by atoms with E-state index in [4.69, 9.17) is 4.42 Å². The van der Waals surface area contributed by atoms with E-state index in [1.807, 2.05) is 0 Å². The van der Waals surface area contributed by atoms with Crippen LogP contribution in [0.3, 0.4) is 0 Å². The highest BCUT2D eigenvalue weighted by Crippen LogP contribution is 2.38. The van der Waals surface area contributed by atoms with Crippen molar-refractivity contribution in [3.8, 4) is 11.6 Å². The summed E-state index contributed by atoms with van der Waals surface area (Å²) in [5, 5.41) is 0. The monoisotopic (exact) mass is 416 g/mol. The van der Waals surface area contributed by atoms with Crippen LogP contribution in [-0.4, -0.2) is 35.9 Å². The molecule has 0 aliphatic rings. The zero-order valence-electron chi connectivity index (χ0n) is 13.6. The van der Waals surface area contributed by atoms with Crippen LogP contribution < -0.4 is 0 Å². The fourth-order valence-electron chi connectivity index (χ4n) is 2.28. The number of aromatic nitrogens is 2. The lowest BCUT2D eigenvalue weighted by Crippen LogP contribution is -2.08. The van der Waals surface area contributed by atoms with Gasteiger partial charge in [0, 0.05) is 16.7 Å². The van der Waals surface area contributed by atoms with Crippen LogP contribution in [0.4, 0.5) is 13.2 Å². The van der Waals surface area contributed by atoms with Gasteiger partial charge in [-0.15, -0.1) is 0 Å². The Bertz CT molecular complexity index is 1120. The summed E-state index contributed by atoms with van der Waals surface area (Å²) < 4.78 is 67.7. The summed E-state index contributed by atoms with van der Waals surface area (Å²) in [5.41, 5.74) is -4.19. The third-order valence-electron chi connectivity index (χ3n) is 3.52. The standard InChI is InChI=1S/C16H11F3N2O4S2/c1-2-27(23,24)13-5-9(8-22)7-20-14(13)15-21-11-6-10(26-16(17,18)19)3-4-12(11)25-15/h3-8H,2H2,1H3. The lowest BCUT2D eigenvalue weighted by molar-refractivity contribution is -0.0328. The lowest BCUT2D eigenvalue weighted by Gasteiger charge is -2.06. The number of carbonyl (C=O) groups excluding carboxylic acids is 1. The van der Waals surface area contributed by atoms with Crippen molar-refractivity contribution in [3.05, 3.63) is 36.0 Å². The van der Waals surface area contributed by atoms with Crippen molar-refractivity contribution in [2.45, 2.75) is 22.2 Å². The number of hydrogen-bond acceptors (Lipinski definition) is 7. The smallest absolute Gasteiger partial charge is 0.435 e. The third kappa shape index (κ3) is 4.14. The highest BCUT2D eigenvalue weighted by atomic mass is 32.2. The predicted molar refractivity (Wildman–Crippen MR) is 92.3 cm³/mol. The number of hydrogen-bond donors (Lipinski definition) is 0. The average molecular weight is 416 g/mol. The number of sulfone groups is 1. The summed E-state index contributed by atoms with van der Waals surface area (Å²) in [6.45, 7) is 1.43. The van der Waals surface area contributed by atoms with Gasteiger partial charge in [-0.25, -0.2) is 18.4 Å². The van der Waals surface area contributed by atoms with Crippen molar-refractivity contribution >= 4 is 39.0 Å². The summed E-state index contributed by atoms with van der Waals surface area (Å²) in [7, 11) is -3.75. The molecule has 0 N–H and O–H groups in total. The van der Waals surface area contributed by atoms with Gasteiger partial charge < -0.3 is 4.42 Å². The van der Waals surface area contributed by atoms with Crippen molar-refractivity contribution in [2.24, 2.45) is 0 Å². The highest BCUT2D eigenvalue weighted by molar-refractivity contribution is 8.00. The van der Waals surface area contributed by atoms with E-state index >= 15 is 0 Å². The van der Waals surface area contributed by atoms with Gasteiger partial charge in [-0.05, 0) is 36.0 Å². The maximum absolute atomic E-state index is 12.5. The van der Waals surface area contributed by atoms with Gasteiger partial charge in [0.25, 0.3) is 0 Å². The summed E-state index contributed by atoms with van der Waals surface area (Å²) in [5.74, 6) is -0.403. The zero-order valence-corrected chi connectivity index (χ0v) is 15.3. The fraction of sp³-hybridized carbons (Fsp3) is 0.188. The van der Waals surface area contributed by atoms with Gasteiger partial charge in [0.05, 0.1) is 10.6 Å². The van der Waals surface area contributed by atoms with Crippen LogP contribution in [0.5, 0.6) is 0 Å². The molecule has 0 radical (unpaired) electrons. The molecule has 27 heavy (non-hydrogen) atoms. The Morgan fingerprint density at radius 1 is 1.26 bits per heavy atom.